The Morgan fingerprint density at radius 2 is 2.04 bits per heavy atom. The summed E-state index contributed by atoms with van der Waals surface area (Å²) in [6.07, 6.45) is 4.22. The molecule has 1 aromatic rings. The fourth-order valence-electron chi connectivity index (χ4n) is 3.66. The summed E-state index contributed by atoms with van der Waals surface area (Å²) in [7, 11) is 0. The standard InChI is InChI=1S/C19H31N5O/c1-3-22-9-11-23(12-10-22)18-7-6-17(13-20-18)14-21-19(25)24-8-4-5-16(2)15-24/h6-7,13,16H,3-5,8-12,14-15H2,1-2H3,(H,21,25). The number of pyridine rings is 1. The molecule has 2 fully saturated rings. The third-order valence-corrected chi connectivity index (χ3v) is 5.34. The number of hydrogen-bond acceptors (Lipinski definition) is 4. The van der Waals surface area contributed by atoms with E-state index in [0.717, 1.165) is 63.6 Å². The number of piperidine rings is 1. The molecule has 3 heterocycles. The summed E-state index contributed by atoms with van der Waals surface area (Å²) in [5.74, 6) is 1.64. The molecular formula is C19H31N5O. The van der Waals surface area contributed by atoms with Crippen molar-refractivity contribution in [1.29, 1.82) is 0 Å². The van der Waals surface area contributed by atoms with Crippen LogP contribution >= 0.6 is 0 Å². The largest absolute Gasteiger partial charge is 0.354 e. The topological polar surface area (TPSA) is 51.7 Å². The highest BCUT2D eigenvalue weighted by Crippen LogP contribution is 2.16. The summed E-state index contributed by atoms with van der Waals surface area (Å²) >= 11 is 0. The van der Waals surface area contributed by atoms with Crippen LogP contribution in [0.4, 0.5) is 10.6 Å². The number of amides is 2. The van der Waals surface area contributed by atoms with Crippen LogP contribution in [0.15, 0.2) is 18.3 Å². The molecule has 3 rings (SSSR count). The first-order valence-electron chi connectivity index (χ1n) is 9.60. The number of likely N-dealkylation sites (N-methyl/N-ethyl adjacent to an activating group) is 1. The molecule has 0 spiro atoms. The van der Waals surface area contributed by atoms with Crippen molar-refractivity contribution in [2.24, 2.45) is 5.92 Å². The van der Waals surface area contributed by atoms with Crippen LogP contribution in [0.5, 0.6) is 0 Å². The molecule has 2 amide bonds. The molecule has 25 heavy (non-hydrogen) atoms. The zero-order valence-corrected chi connectivity index (χ0v) is 15.6. The average Bonchev–Trinajstić information content (AvgIpc) is 2.66. The lowest BCUT2D eigenvalue weighted by atomic mass is 10.0. The molecule has 0 bridgehead atoms. The Morgan fingerprint density at radius 1 is 1.24 bits per heavy atom. The molecule has 6 heteroatoms. The number of urea groups is 1. The summed E-state index contributed by atoms with van der Waals surface area (Å²) < 4.78 is 0. The van der Waals surface area contributed by atoms with Gasteiger partial charge in [-0.15, -0.1) is 0 Å². The number of nitrogens with one attached hydrogen (secondary N) is 1. The van der Waals surface area contributed by atoms with Crippen LogP contribution in [0.2, 0.25) is 0 Å². The number of hydrogen-bond donors (Lipinski definition) is 1. The molecule has 1 unspecified atom stereocenters. The smallest absolute Gasteiger partial charge is 0.317 e. The van der Waals surface area contributed by atoms with E-state index in [2.05, 4.69) is 46.1 Å². The molecule has 0 aliphatic carbocycles. The van der Waals surface area contributed by atoms with Gasteiger partial charge in [-0.2, -0.15) is 0 Å². The average molecular weight is 345 g/mol. The molecule has 0 radical (unpaired) electrons. The van der Waals surface area contributed by atoms with Gasteiger partial charge in [0.1, 0.15) is 5.82 Å². The maximum absolute atomic E-state index is 12.3. The van der Waals surface area contributed by atoms with Gasteiger partial charge in [-0.25, -0.2) is 9.78 Å². The van der Waals surface area contributed by atoms with Crippen molar-refractivity contribution in [2.75, 3.05) is 50.7 Å². The fourth-order valence-corrected chi connectivity index (χ4v) is 3.66. The molecule has 2 saturated heterocycles. The van der Waals surface area contributed by atoms with E-state index in [4.69, 9.17) is 0 Å². The van der Waals surface area contributed by atoms with Gasteiger partial charge in [0, 0.05) is 52.0 Å². The lowest BCUT2D eigenvalue weighted by Crippen LogP contribution is -2.46. The lowest BCUT2D eigenvalue weighted by molar-refractivity contribution is 0.169. The van der Waals surface area contributed by atoms with E-state index in [-0.39, 0.29) is 6.03 Å². The predicted molar refractivity (Wildman–Crippen MR) is 101 cm³/mol. The Kier molecular flexibility index (Phi) is 6.13. The minimum atomic E-state index is 0.0475. The Labute approximate surface area is 151 Å². The number of likely N-dealkylation sites (tertiary alicyclic amines) is 1. The molecule has 0 saturated carbocycles. The van der Waals surface area contributed by atoms with Crippen molar-refractivity contribution >= 4 is 11.8 Å². The summed E-state index contributed by atoms with van der Waals surface area (Å²) in [5, 5.41) is 3.03. The minimum Gasteiger partial charge on any atom is -0.354 e. The van der Waals surface area contributed by atoms with Gasteiger partial charge in [-0.05, 0) is 36.9 Å². The maximum Gasteiger partial charge on any atom is 0.317 e. The molecule has 138 valence electrons. The zero-order chi connectivity index (χ0) is 17.6. The SMILES string of the molecule is CCN1CCN(c2ccc(CNC(=O)N3CCCC(C)C3)cn2)CC1. The number of piperazine rings is 1. The second kappa shape index (κ2) is 8.52. The van der Waals surface area contributed by atoms with E-state index in [1.807, 2.05) is 11.1 Å². The van der Waals surface area contributed by atoms with Crippen molar-refractivity contribution in [1.82, 2.24) is 20.1 Å². The van der Waals surface area contributed by atoms with Crippen LogP contribution in [-0.2, 0) is 6.54 Å². The van der Waals surface area contributed by atoms with Crippen molar-refractivity contribution in [3.05, 3.63) is 23.9 Å². The predicted octanol–water partition coefficient (Wildman–Crippen LogP) is 2.17. The molecule has 2 aliphatic heterocycles. The lowest BCUT2D eigenvalue weighted by Gasteiger charge is -2.34. The molecule has 6 nitrogen and oxygen atoms in total. The van der Waals surface area contributed by atoms with Gasteiger partial charge in [-0.1, -0.05) is 19.9 Å². The summed E-state index contributed by atoms with van der Waals surface area (Å²) in [4.78, 5) is 23.6. The van der Waals surface area contributed by atoms with Crippen LogP contribution < -0.4 is 10.2 Å². The number of nitrogens with zero attached hydrogens (tertiary/aromatic N) is 4. The zero-order valence-electron chi connectivity index (χ0n) is 15.6. The fraction of sp³-hybridized carbons (Fsp3) is 0.684. The van der Waals surface area contributed by atoms with E-state index in [1.54, 1.807) is 0 Å². The molecule has 0 aromatic carbocycles. The van der Waals surface area contributed by atoms with Crippen molar-refractivity contribution in [3.8, 4) is 0 Å². The monoisotopic (exact) mass is 345 g/mol. The van der Waals surface area contributed by atoms with Gasteiger partial charge < -0.3 is 20.0 Å². The first-order valence-corrected chi connectivity index (χ1v) is 9.60. The third kappa shape index (κ3) is 4.84. The molecule has 1 atom stereocenters. The molecule has 2 aliphatic rings. The quantitative estimate of drug-likeness (QED) is 0.909. The molecule has 1 N–H and O–H groups in total. The van der Waals surface area contributed by atoms with Crippen LogP contribution in [0, 0.1) is 5.92 Å². The number of rotatable bonds is 4. The second-order valence-electron chi connectivity index (χ2n) is 7.30. The Bertz CT molecular complexity index is 553. The van der Waals surface area contributed by atoms with Crippen LogP contribution in [0.3, 0.4) is 0 Å². The highest BCUT2D eigenvalue weighted by Gasteiger charge is 2.20. The summed E-state index contributed by atoms with van der Waals surface area (Å²) in [6.45, 7) is 12.1. The third-order valence-electron chi connectivity index (χ3n) is 5.34. The van der Waals surface area contributed by atoms with E-state index >= 15 is 0 Å². The summed E-state index contributed by atoms with van der Waals surface area (Å²) in [6, 6.07) is 4.20. The number of aromatic nitrogens is 1. The normalized spacial score (nSPS) is 22.1. The van der Waals surface area contributed by atoms with Crippen molar-refractivity contribution in [3.63, 3.8) is 0 Å². The Balaban J connectivity index is 1.47. The van der Waals surface area contributed by atoms with E-state index < -0.39 is 0 Å². The van der Waals surface area contributed by atoms with Gasteiger partial charge in [0.25, 0.3) is 0 Å². The first kappa shape index (κ1) is 18.0. The number of carbonyl (C=O) groups excluding carboxylic acids is 1. The highest BCUT2D eigenvalue weighted by molar-refractivity contribution is 5.74. The Hall–Kier alpha value is -1.82. The Morgan fingerprint density at radius 3 is 2.68 bits per heavy atom. The van der Waals surface area contributed by atoms with Gasteiger partial charge >= 0.3 is 6.03 Å². The van der Waals surface area contributed by atoms with E-state index in [9.17, 15) is 4.79 Å². The van der Waals surface area contributed by atoms with E-state index in [1.165, 1.54) is 6.42 Å². The van der Waals surface area contributed by atoms with Gasteiger partial charge in [0.05, 0.1) is 0 Å². The molecule has 1 aromatic heterocycles. The first-order chi connectivity index (χ1) is 12.2. The number of anilines is 1. The minimum absolute atomic E-state index is 0.0475. The van der Waals surface area contributed by atoms with Crippen LogP contribution in [-0.4, -0.2) is 66.6 Å². The number of carbonyl (C=O) groups is 1. The summed E-state index contributed by atoms with van der Waals surface area (Å²) in [5.41, 5.74) is 1.05. The van der Waals surface area contributed by atoms with E-state index in [0.29, 0.717) is 12.5 Å². The van der Waals surface area contributed by atoms with Crippen molar-refractivity contribution < 1.29 is 4.79 Å². The maximum atomic E-state index is 12.3. The van der Waals surface area contributed by atoms with Gasteiger partial charge in [-0.3, -0.25) is 0 Å². The van der Waals surface area contributed by atoms with Crippen LogP contribution in [0.1, 0.15) is 32.3 Å². The van der Waals surface area contributed by atoms with Crippen molar-refractivity contribution in [2.45, 2.75) is 33.2 Å². The van der Waals surface area contributed by atoms with Gasteiger partial charge in [0.15, 0.2) is 0 Å². The van der Waals surface area contributed by atoms with Gasteiger partial charge in [0.2, 0.25) is 0 Å². The van der Waals surface area contributed by atoms with Crippen LogP contribution in [0.25, 0.3) is 0 Å². The second-order valence-corrected chi connectivity index (χ2v) is 7.30. The molecular weight excluding hydrogens is 314 g/mol. The highest BCUT2D eigenvalue weighted by atomic mass is 16.2.